The van der Waals surface area contributed by atoms with Crippen molar-refractivity contribution in [3.8, 4) is 0 Å². The van der Waals surface area contributed by atoms with Crippen LogP contribution in [0.5, 0.6) is 0 Å². The smallest absolute Gasteiger partial charge is 0.365 e. The lowest BCUT2D eigenvalue weighted by Crippen LogP contribution is -2.23. The Balaban J connectivity index is 1.47. The third-order valence-electron chi connectivity index (χ3n) is 5.51. The maximum atomic E-state index is 12.9. The summed E-state index contributed by atoms with van der Waals surface area (Å²) in [5.74, 6) is 0.00706. The lowest BCUT2D eigenvalue weighted by Gasteiger charge is -2.23. The molecule has 16 heteroatoms. The van der Waals surface area contributed by atoms with Crippen LogP contribution in [0.1, 0.15) is 41.3 Å². The van der Waals surface area contributed by atoms with Gasteiger partial charge in [-0.25, -0.2) is 13.4 Å². The molecule has 2 N–H and O–H groups in total. The van der Waals surface area contributed by atoms with Crippen molar-refractivity contribution in [3.05, 3.63) is 57.7 Å². The van der Waals surface area contributed by atoms with Crippen molar-refractivity contribution in [3.63, 3.8) is 0 Å². The number of benzene rings is 1. The quantitative estimate of drug-likeness (QED) is 0.343. The first-order chi connectivity index (χ1) is 16.7. The molecule has 0 saturated heterocycles. The Labute approximate surface area is 210 Å². The topological polar surface area (TPSA) is 96.9 Å². The van der Waals surface area contributed by atoms with Crippen LogP contribution in [0.4, 0.5) is 37.3 Å². The summed E-state index contributed by atoms with van der Waals surface area (Å²) in [4.78, 5) is 3.62. The summed E-state index contributed by atoms with van der Waals surface area (Å²) in [6, 6.07) is 6.34. The first-order valence-electron chi connectivity index (χ1n) is 10.3. The first kappa shape index (κ1) is 26.4. The average Bonchev–Trinajstić information content (AvgIpc) is 3.44. The summed E-state index contributed by atoms with van der Waals surface area (Å²) in [7, 11) is -4.21. The van der Waals surface area contributed by atoms with Crippen LogP contribution in [-0.4, -0.2) is 29.6 Å². The molecule has 0 unspecified atom stereocenters. The molecular weight excluding hydrogens is 556 g/mol. The van der Waals surface area contributed by atoms with Gasteiger partial charge in [-0.3, -0.25) is 4.72 Å². The number of pyridine rings is 1. The van der Waals surface area contributed by atoms with E-state index in [-0.39, 0.29) is 39.0 Å². The summed E-state index contributed by atoms with van der Waals surface area (Å²) in [5.41, 5.74) is -0.197. The Morgan fingerprint density at radius 1 is 1.00 bits per heavy atom. The summed E-state index contributed by atoms with van der Waals surface area (Å²) in [6.07, 6.45) is -6.40. The third-order valence-corrected chi connectivity index (χ3v) is 8.17. The molecule has 1 aliphatic rings. The number of halogens is 7. The number of rotatable bonds is 6. The Bertz CT molecular complexity index is 1350. The van der Waals surface area contributed by atoms with Crippen LogP contribution >= 0.6 is 22.9 Å². The van der Waals surface area contributed by atoms with E-state index in [0.29, 0.717) is 12.6 Å². The molecule has 4 rings (SSSR count). The summed E-state index contributed by atoms with van der Waals surface area (Å²) >= 11 is 6.07. The van der Waals surface area contributed by atoms with E-state index in [2.05, 4.69) is 20.5 Å². The maximum absolute atomic E-state index is 12.9. The molecule has 2 aromatic heterocycles. The zero-order chi connectivity index (χ0) is 26.3. The van der Waals surface area contributed by atoms with E-state index in [4.69, 9.17) is 11.6 Å². The minimum Gasteiger partial charge on any atom is -0.365 e. The molecule has 36 heavy (non-hydrogen) atoms. The predicted octanol–water partition coefficient (Wildman–Crippen LogP) is 6.17. The van der Waals surface area contributed by atoms with Crippen LogP contribution in [0, 0.1) is 0 Å². The number of aromatic nitrogens is 3. The second kappa shape index (κ2) is 9.67. The molecule has 2 heterocycles. The number of sulfonamides is 1. The number of hydrogen-bond donors (Lipinski definition) is 2. The zero-order valence-corrected chi connectivity index (χ0v) is 20.2. The van der Waals surface area contributed by atoms with Crippen LogP contribution in [0.15, 0.2) is 41.4 Å². The number of alkyl halides is 6. The van der Waals surface area contributed by atoms with Gasteiger partial charge < -0.3 is 5.32 Å². The van der Waals surface area contributed by atoms with Crippen molar-refractivity contribution in [2.45, 2.75) is 48.5 Å². The highest BCUT2D eigenvalue weighted by Gasteiger charge is 2.36. The van der Waals surface area contributed by atoms with Gasteiger partial charge in [-0.1, -0.05) is 41.5 Å². The minimum atomic E-state index is -4.74. The molecule has 194 valence electrons. The molecule has 0 bridgehead atoms. The summed E-state index contributed by atoms with van der Waals surface area (Å²) in [6.45, 7) is 0. The molecule has 7 nitrogen and oxygen atoms in total. The van der Waals surface area contributed by atoms with E-state index in [1.165, 1.54) is 12.1 Å². The van der Waals surface area contributed by atoms with Crippen molar-refractivity contribution in [2.24, 2.45) is 0 Å². The largest absolute Gasteiger partial charge is 0.445 e. The van der Waals surface area contributed by atoms with Crippen molar-refractivity contribution in [1.29, 1.82) is 0 Å². The van der Waals surface area contributed by atoms with Gasteiger partial charge in [0.2, 0.25) is 10.1 Å². The fourth-order valence-electron chi connectivity index (χ4n) is 3.85. The maximum Gasteiger partial charge on any atom is 0.445 e. The molecule has 0 spiro atoms. The van der Waals surface area contributed by atoms with E-state index in [9.17, 15) is 34.8 Å². The monoisotopic (exact) mass is 571 g/mol. The van der Waals surface area contributed by atoms with Crippen LogP contribution in [0.3, 0.4) is 0 Å². The van der Waals surface area contributed by atoms with E-state index in [1.54, 1.807) is 12.1 Å². The van der Waals surface area contributed by atoms with Gasteiger partial charge in [0.15, 0.2) is 0 Å². The summed E-state index contributed by atoms with van der Waals surface area (Å²) in [5, 5.41) is 7.27. The van der Waals surface area contributed by atoms with E-state index in [0.717, 1.165) is 24.5 Å². The van der Waals surface area contributed by atoms with Gasteiger partial charge in [0.05, 0.1) is 15.5 Å². The van der Waals surface area contributed by atoms with Crippen molar-refractivity contribution in [2.75, 3.05) is 10.0 Å². The third kappa shape index (κ3) is 5.83. The second-order valence-corrected chi connectivity index (χ2v) is 11.0. The standard InChI is InChI=1S/C20H16ClF6N5O2S2/c21-14-8-11(19(22,23)24)9-28-16(14)29-15-3-1-2-13(15)10-4-6-12(7-5-10)36(33,34)32-18-31-30-17(35-18)20(25,26)27/h4-9,13,15H,1-3H2,(H,28,29)(H,31,32)/t13-,15+/m0/s1. The second-order valence-electron chi connectivity index (χ2n) is 7.93. The molecule has 1 aliphatic carbocycles. The highest BCUT2D eigenvalue weighted by atomic mass is 35.5. The van der Waals surface area contributed by atoms with E-state index >= 15 is 0 Å². The molecule has 0 amide bonds. The van der Waals surface area contributed by atoms with E-state index < -0.39 is 38.1 Å². The Morgan fingerprint density at radius 2 is 1.69 bits per heavy atom. The van der Waals surface area contributed by atoms with Gasteiger partial charge >= 0.3 is 12.4 Å². The van der Waals surface area contributed by atoms with Crippen LogP contribution in [0.2, 0.25) is 5.02 Å². The minimum absolute atomic E-state index is 0.0645. The SMILES string of the molecule is O=S(=O)(Nc1nnc(C(F)(F)F)s1)c1ccc([C@@H]2CCC[C@H]2Nc2ncc(C(F)(F)F)cc2Cl)cc1. The molecule has 1 fully saturated rings. The van der Waals surface area contributed by atoms with Crippen molar-refractivity contribution >= 4 is 43.9 Å². The lowest BCUT2D eigenvalue weighted by molar-refractivity contribution is -0.138. The lowest BCUT2D eigenvalue weighted by atomic mass is 9.94. The number of hydrogen-bond acceptors (Lipinski definition) is 7. The zero-order valence-electron chi connectivity index (χ0n) is 17.9. The van der Waals surface area contributed by atoms with Crippen LogP contribution in [0.25, 0.3) is 0 Å². The highest BCUT2D eigenvalue weighted by molar-refractivity contribution is 7.93. The average molecular weight is 572 g/mol. The number of anilines is 2. The molecule has 2 atom stereocenters. The fourth-order valence-corrected chi connectivity index (χ4v) is 5.92. The Hall–Kier alpha value is -2.65. The van der Waals surface area contributed by atoms with Gasteiger partial charge in [0.25, 0.3) is 10.0 Å². The molecule has 1 aromatic carbocycles. The molecule has 3 aromatic rings. The van der Waals surface area contributed by atoms with E-state index in [1.807, 2.05) is 4.72 Å². The highest BCUT2D eigenvalue weighted by Crippen LogP contribution is 2.39. The Morgan fingerprint density at radius 3 is 2.28 bits per heavy atom. The first-order valence-corrected chi connectivity index (χ1v) is 12.9. The van der Waals surface area contributed by atoms with Gasteiger partial charge in [-0.05, 0) is 36.6 Å². The van der Waals surface area contributed by atoms with Gasteiger partial charge in [-0.2, -0.15) is 26.3 Å². The Kier molecular flexibility index (Phi) is 7.09. The predicted molar refractivity (Wildman–Crippen MR) is 120 cm³/mol. The fraction of sp³-hybridized carbons (Fsp3) is 0.350. The van der Waals surface area contributed by atoms with Crippen molar-refractivity contribution < 1.29 is 34.8 Å². The molecule has 1 saturated carbocycles. The van der Waals surface area contributed by atoms with Crippen molar-refractivity contribution in [1.82, 2.24) is 15.2 Å². The van der Waals surface area contributed by atoms with Crippen LogP contribution in [-0.2, 0) is 22.4 Å². The number of nitrogens with zero attached hydrogens (tertiary/aromatic N) is 3. The van der Waals surface area contributed by atoms with Gasteiger partial charge in [-0.15, -0.1) is 10.2 Å². The normalized spacial score (nSPS) is 18.9. The molecule has 0 radical (unpaired) electrons. The number of nitrogens with one attached hydrogen (secondary N) is 2. The molecular formula is C20H16ClF6N5O2S2. The van der Waals surface area contributed by atoms with Gasteiger partial charge in [0.1, 0.15) is 5.82 Å². The summed E-state index contributed by atoms with van der Waals surface area (Å²) < 4.78 is 104. The molecule has 0 aliphatic heterocycles. The van der Waals surface area contributed by atoms with Gasteiger partial charge in [0, 0.05) is 18.2 Å². The van der Waals surface area contributed by atoms with Crippen LogP contribution < -0.4 is 10.0 Å².